The molecule has 0 saturated carbocycles. The monoisotopic (exact) mass is 376 g/mol. The van der Waals surface area contributed by atoms with Gasteiger partial charge in [-0.25, -0.2) is 0 Å². The Morgan fingerprint density at radius 1 is 1.17 bits per heavy atom. The maximum atomic E-state index is 9.67. The van der Waals surface area contributed by atoms with Gasteiger partial charge in [0, 0.05) is 13.7 Å². The van der Waals surface area contributed by atoms with E-state index in [4.69, 9.17) is 0 Å². The third-order valence-electron chi connectivity index (χ3n) is 0.289. The summed E-state index contributed by atoms with van der Waals surface area (Å²) in [6.45, 7) is 2.78. The number of ether oxygens (including phenoxy) is 1. The van der Waals surface area contributed by atoms with E-state index in [1.165, 1.54) is 0 Å². The molecule has 0 aromatic heterocycles. The second-order valence-electron chi connectivity index (χ2n) is 1.07. The Balaban J connectivity index is -0.000000101. The van der Waals surface area contributed by atoms with Crippen LogP contribution in [0.15, 0.2) is 0 Å². The standard InChI is InChI=1S/C3H8O.BBr3.BF3/c1-3-4-2;2*2-1(3)4/h3H2,1-2H3;;. The Kier molecular flexibility index (Phi) is 28.8. The molecule has 1 nitrogen and oxygen atoms in total. The molecule has 9 heteroatoms. The van der Waals surface area contributed by atoms with Crippen molar-refractivity contribution in [2.45, 2.75) is 6.92 Å². The van der Waals surface area contributed by atoms with Crippen molar-refractivity contribution in [2.75, 3.05) is 13.7 Å². The predicted molar refractivity (Wildman–Crippen MR) is 59.2 cm³/mol. The van der Waals surface area contributed by atoms with Crippen LogP contribution >= 0.6 is 47.3 Å². The molecule has 0 aliphatic carbocycles. The molecule has 0 bridgehead atoms. The first-order chi connectivity index (χ1) is 5.38. The zero-order valence-corrected chi connectivity index (χ0v) is 11.3. The van der Waals surface area contributed by atoms with Crippen LogP contribution < -0.4 is 0 Å². The number of hydrogen-bond donors (Lipinski definition) is 0. The van der Waals surface area contributed by atoms with Crippen molar-refractivity contribution >= 4 is 58.0 Å². The molecule has 0 amide bonds. The Hall–Kier alpha value is 1.32. The maximum absolute atomic E-state index is 9.67. The number of rotatable bonds is 1. The van der Waals surface area contributed by atoms with Crippen LogP contribution in [-0.2, 0) is 4.74 Å². The van der Waals surface area contributed by atoms with Crippen molar-refractivity contribution < 1.29 is 17.7 Å². The van der Waals surface area contributed by atoms with Crippen LogP contribution in [0.4, 0.5) is 12.9 Å². The Morgan fingerprint density at radius 2 is 1.25 bits per heavy atom. The fourth-order valence-corrected chi connectivity index (χ4v) is 0. The minimum atomic E-state index is -3.67. The molecule has 0 heterocycles. The molecule has 0 aromatic carbocycles. The van der Waals surface area contributed by atoms with Crippen molar-refractivity contribution in [1.82, 2.24) is 0 Å². The van der Waals surface area contributed by atoms with Gasteiger partial charge in [0.1, 0.15) is 0 Å². The van der Waals surface area contributed by atoms with Gasteiger partial charge in [0.05, 0.1) is 0 Å². The maximum Gasteiger partial charge on any atom is 0.762 e. The predicted octanol–water partition coefficient (Wildman–Crippen LogP) is 3.69. The van der Waals surface area contributed by atoms with Gasteiger partial charge in [-0.15, -0.1) is 47.3 Å². The Morgan fingerprint density at radius 3 is 1.25 bits per heavy atom. The molecule has 0 aromatic rings. The first-order valence-electron chi connectivity index (χ1n) is 2.71. The summed E-state index contributed by atoms with van der Waals surface area (Å²) < 4.78 is 33.8. The smallest absolute Gasteiger partial charge is 0.385 e. The lowest BCUT2D eigenvalue weighted by Crippen LogP contribution is -1.76. The van der Waals surface area contributed by atoms with Crippen LogP contribution in [0.2, 0.25) is 0 Å². The average Bonchev–Trinajstić information content (AvgIpc) is 1.85. The molecule has 0 aliphatic heterocycles. The van der Waals surface area contributed by atoms with E-state index in [1.807, 2.05) is 6.92 Å². The van der Waals surface area contributed by atoms with Gasteiger partial charge >= 0.3 is 10.7 Å². The minimum absolute atomic E-state index is 0.271. The van der Waals surface area contributed by atoms with E-state index in [2.05, 4.69) is 52.0 Å². The van der Waals surface area contributed by atoms with Gasteiger partial charge in [0.15, 0.2) is 0 Å². The molecule has 0 radical (unpaired) electrons. The number of methoxy groups -OCH3 is 1. The van der Waals surface area contributed by atoms with Crippen LogP contribution in [0.3, 0.4) is 0 Å². The van der Waals surface area contributed by atoms with E-state index in [0.717, 1.165) is 6.61 Å². The minimum Gasteiger partial charge on any atom is -0.385 e. The third-order valence-corrected chi connectivity index (χ3v) is 0.289. The summed E-state index contributed by atoms with van der Waals surface area (Å²) >= 11 is 9.31. The summed E-state index contributed by atoms with van der Waals surface area (Å²) in [7, 11) is -1.99. The fraction of sp³-hybridized carbons (Fsp3) is 1.00. The van der Waals surface area contributed by atoms with Gasteiger partial charge in [0.2, 0.25) is 0 Å². The molecule has 0 rings (SSSR count). The average molecular weight is 378 g/mol. The van der Waals surface area contributed by atoms with Crippen molar-refractivity contribution in [3.8, 4) is 0 Å². The van der Waals surface area contributed by atoms with E-state index < -0.39 is 7.54 Å². The van der Waals surface area contributed by atoms with Crippen LogP contribution in [0.25, 0.3) is 0 Å². The van der Waals surface area contributed by atoms with Gasteiger partial charge in [-0.3, -0.25) is 12.9 Å². The van der Waals surface area contributed by atoms with E-state index in [1.54, 1.807) is 7.11 Å². The molecule has 0 atom stereocenters. The molecule has 74 valence electrons. The highest BCUT2D eigenvalue weighted by Crippen LogP contribution is 2.07. The highest BCUT2D eigenvalue weighted by atomic mass is 79.9. The molecular weight excluding hydrogens is 370 g/mol. The Labute approximate surface area is 96.0 Å². The highest BCUT2D eigenvalue weighted by Gasteiger charge is 2.06. The van der Waals surface area contributed by atoms with Gasteiger partial charge in [-0.1, -0.05) is 0 Å². The van der Waals surface area contributed by atoms with Gasteiger partial charge in [0.25, 0.3) is 0 Å². The zero-order chi connectivity index (χ0) is 10.6. The SMILES string of the molecule is BrB(Br)Br.CCOC.FB(F)F. The lowest BCUT2D eigenvalue weighted by molar-refractivity contribution is 0.215. The van der Waals surface area contributed by atoms with Crippen molar-refractivity contribution in [2.24, 2.45) is 0 Å². The molecule has 0 unspecified atom stereocenters. The third kappa shape index (κ3) is 224. The number of hydrogen-bond acceptors (Lipinski definition) is 1. The normalized spacial score (nSPS) is 7.00. The van der Waals surface area contributed by atoms with Gasteiger partial charge in [-0.05, 0) is 6.92 Å². The van der Waals surface area contributed by atoms with Crippen LogP contribution in [0.5, 0.6) is 0 Å². The van der Waals surface area contributed by atoms with E-state index >= 15 is 0 Å². The molecule has 0 aliphatic rings. The Bertz CT molecular complexity index is 57.2. The topological polar surface area (TPSA) is 9.23 Å². The van der Waals surface area contributed by atoms with Crippen molar-refractivity contribution in [1.29, 1.82) is 0 Å². The van der Waals surface area contributed by atoms with Crippen molar-refractivity contribution in [3.05, 3.63) is 0 Å². The second-order valence-corrected chi connectivity index (χ2v) is 7.51. The number of halogens is 6. The first kappa shape index (κ1) is 19.0. The summed E-state index contributed by atoms with van der Waals surface area (Å²) in [5.41, 5.74) is 0. The van der Waals surface area contributed by atoms with Crippen LogP contribution in [0.1, 0.15) is 6.92 Å². The largest absolute Gasteiger partial charge is 0.762 e. The summed E-state index contributed by atoms with van der Waals surface area (Å²) in [5, 5.41) is 0. The highest BCUT2D eigenvalue weighted by molar-refractivity contribution is 9.69. The summed E-state index contributed by atoms with van der Waals surface area (Å²) in [5.74, 6) is 0. The van der Waals surface area contributed by atoms with Crippen molar-refractivity contribution in [3.63, 3.8) is 0 Å². The molecule has 0 spiro atoms. The fourth-order valence-electron chi connectivity index (χ4n) is 0. The summed E-state index contributed by atoms with van der Waals surface area (Å²) in [6.07, 6.45) is 0. The molecule has 12 heavy (non-hydrogen) atoms. The van der Waals surface area contributed by atoms with E-state index in [-0.39, 0.29) is 3.18 Å². The molecule has 0 saturated heterocycles. The lowest BCUT2D eigenvalue weighted by atomic mass is 10.5. The van der Waals surface area contributed by atoms with Crippen LogP contribution in [-0.4, -0.2) is 24.4 Å². The van der Waals surface area contributed by atoms with Crippen LogP contribution in [0, 0.1) is 0 Å². The lowest BCUT2D eigenvalue weighted by Gasteiger charge is -1.76. The van der Waals surface area contributed by atoms with E-state index in [0.29, 0.717) is 0 Å². The molecular formula is C3H8B2Br3F3O. The van der Waals surface area contributed by atoms with E-state index in [9.17, 15) is 12.9 Å². The summed E-state index contributed by atoms with van der Waals surface area (Å²) in [6, 6.07) is 0. The first-order valence-corrected chi connectivity index (χ1v) is 5.46. The van der Waals surface area contributed by atoms with Gasteiger partial charge < -0.3 is 4.74 Å². The molecule has 0 fully saturated rings. The quantitative estimate of drug-likeness (QED) is 0.633. The zero-order valence-electron chi connectivity index (χ0n) is 6.54. The summed E-state index contributed by atoms with van der Waals surface area (Å²) in [4.78, 5) is 0. The second kappa shape index (κ2) is 18.2. The molecule has 0 N–H and O–H groups in total. The van der Waals surface area contributed by atoms with Gasteiger partial charge in [-0.2, -0.15) is 0 Å².